The van der Waals surface area contributed by atoms with Crippen molar-refractivity contribution in [2.45, 2.75) is 57.7 Å². The van der Waals surface area contributed by atoms with E-state index in [1.54, 1.807) is 5.38 Å². The molecule has 1 fully saturated rings. The summed E-state index contributed by atoms with van der Waals surface area (Å²) >= 11 is 1.40. The molecule has 0 saturated carbocycles. The molecule has 28 heavy (non-hydrogen) atoms. The molecule has 3 heterocycles. The van der Waals surface area contributed by atoms with Gasteiger partial charge in [0.05, 0.1) is 0 Å². The fraction of sp³-hybridized carbons (Fsp3) is 0.500. The molecule has 2 aliphatic rings. The molecule has 0 bridgehead atoms. The maximum Gasteiger partial charge on any atom is 0.271 e. The van der Waals surface area contributed by atoms with Gasteiger partial charge in [-0.25, -0.2) is 4.98 Å². The Morgan fingerprint density at radius 1 is 1.18 bits per heavy atom. The van der Waals surface area contributed by atoms with E-state index < -0.39 is 0 Å². The Morgan fingerprint density at radius 2 is 1.89 bits per heavy atom. The van der Waals surface area contributed by atoms with Crippen LogP contribution in [0.2, 0.25) is 0 Å². The van der Waals surface area contributed by atoms with E-state index in [9.17, 15) is 4.79 Å². The number of benzene rings is 1. The summed E-state index contributed by atoms with van der Waals surface area (Å²) in [5.41, 5.74) is 1.23. The smallest absolute Gasteiger partial charge is 0.271 e. The highest BCUT2D eigenvalue weighted by atomic mass is 32.1. The molecule has 7 nitrogen and oxygen atoms in total. The van der Waals surface area contributed by atoms with Crippen molar-refractivity contribution in [2.24, 2.45) is 0 Å². The number of anilines is 2. The number of carbonyl (C=O) groups is 1. The Morgan fingerprint density at radius 3 is 2.64 bits per heavy atom. The van der Waals surface area contributed by atoms with Crippen molar-refractivity contribution >= 4 is 28.1 Å². The number of fused-ring (bicyclic) bond motifs is 1. The van der Waals surface area contributed by atoms with Crippen LogP contribution in [0.25, 0.3) is 0 Å². The SMILES string of the molecule is CC1(C)CC(NC(=O)c2csc(Nc3ccc4c(c3)OCO4)n2)CC(C)(C)N1. The van der Waals surface area contributed by atoms with Crippen LogP contribution in [0.4, 0.5) is 10.8 Å². The van der Waals surface area contributed by atoms with Gasteiger partial charge in [-0.05, 0) is 52.7 Å². The molecule has 0 atom stereocenters. The van der Waals surface area contributed by atoms with E-state index >= 15 is 0 Å². The molecular weight excluding hydrogens is 376 g/mol. The van der Waals surface area contributed by atoms with Crippen LogP contribution >= 0.6 is 11.3 Å². The van der Waals surface area contributed by atoms with Gasteiger partial charge in [0, 0.05) is 34.3 Å². The molecule has 8 heteroatoms. The maximum absolute atomic E-state index is 12.7. The molecule has 0 spiro atoms. The Balaban J connectivity index is 1.40. The van der Waals surface area contributed by atoms with E-state index in [0.29, 0.717) is 16.6 Å². The van der Waals surface area contributed by atoms with Crippen LogP contribution in [0.3, 0.4) is 0 Å². The molecule has 150 valence electrons. The second kappa shape index (κ2) is 6.93. The summed E-state index contributed by atoms with van der Waals surface area (Å²) < 4.78 is 10.7. The van der Waals surface area contributed by atoms with E-state index in [2.05, 4.69) is 48.6 Å². The van der Waals surface area contributed by atoms with Gasteiger partial charge < -0.3 is 25.4 Å². The van der Waals surface area contributed by atoms with Crippen molar-refractivity contribution in [3.05, 3.63) is 29.3 Å². The van der Waals surface area contributed by atoms with Crippen LogP contribution in [0.1, 0.15) is 51.0 Å². The molecular formula is C20H26N4O3S. The Kier molecular flexibility index (Phi) is 4.71. The fourth-order valence-electron chi connectivity index (χ4n) is 4.22. The number of amides is 1. The predicted octanol–water partition coefficient (Wildman–Crippen LogP) is 3.65. The van der Waals surface area contributed by atoms with E-state index in [4.69, 9.17) is 9.47 Å². The third kappa shape index (κ3) is 4.23. The lowest BCUT2D eigenvalue weighted by atomic mass is 9.79. The molecule has 3 N–H and O–H groups in total. The first kappa shape index (κ1) is 19.0. The Hall–Kier alpha value is -2.32. The highest BCUT2D eigenvalue weighted by molar-refractivity contribution is 7.14. The van der Waals surface area contributed by atoms with Crippen molar-refractivity contribution in [1.82, 2.24) is 15.6 Å². The average Bonchev–Trinajstić information content (AvgIpc) is 3.20. The van der Waals surface area contributed by atoms with E-state index in [0.717, 1.165) is 24.3 Å². The zero-order valence-electron chi connectivity index (χ0n) is 16.6. The molecule has 0 unspecified atom stereocenters. The molecule has 1 saturated heterocycles. The summed E-state index contributed by atoms with van der Waals surface area (Å²) in [5, 5.41) is 12.5. The lowest BCUT2D eigenvalue weighted by Gasteiger charge is -2.46. The van der Waals surface area contributed by atoms with Crippen LogP contribution in [0, 0.1) is 0 Å². The molecule has 2 aliphatic heterocycles. The minimum absolute atomic E-state index is 0.0200. The first-order chi connectivity index (χ1) is 13.2. The normalized spacial score (nSPS) is 20.0. The summed E-state index contributed by atoms with van der Waals surface area (Å²) in [4.78, 5) is 17.1. The molecule has 1 amide bonds. The van der Waals surface area contributed by atoms with Crippen molar-refractivity contribution in [2.75, 3.05) is 12.1 Å². The monoisotopic (exact) mass is 402 g/mol. The highest BCUT2D eigenvalue weighted by Crippen LogP contribution is 2.35. The van der Waals surface area contributed by atoms with Gasteiger partial charge in [-0.3, -0.25) is 4.79 Å². The number of hydrogen-bond acceptors (Lipinski definition) is 7. The minimum atomic E-state index is -0.131. The van der Waals surface area contributed by atoms with Gasteiger partial charge in [0.2, 0.25) is 6.79 Å². The second-order valence-corrected chi connectivity index (χ2v) is 9.56. The molecule has 0 radical (unpaired) electrons. The van der Waals surface area contributed by atoms with E-state index in [1.165, 1.54) is 11.3 Å². The maximum atomic E-state index is 12.7. The summed E-state index contributed by atoms with van der Waals surface area (Å²) in [6.45, 7) is 8.92. The zero-order valence-corrected chi connectivity index (χ0v) is 17.4. The minimum Gasteiger partial charge on any atom is -0.454 e. The standard InChI is InChI=1S/C20H26N4O3S/c1-19(2)8-13(9-20(3,4)24-19)21-17(25)14-10-28-18(23-14)22-12-5-6-15-16(7-12)27-11-26-15/h5-7,10,13,24H,8-9,11H2,1-4H3,(H,21,25)(H,22,23). The van der Waals surface area contributed by atoms with Gasteiger partial charge in [0.15, 0.2) is 16.6 Å². The van der Waals surface area contributed by atoms with Crippen molar-refractivity contribution in [3.8, 4) is 11.5 Å². The average molecular weight is 403 g/mol. The van der Waals surface area contributed by atoms with Crippen LogP contribution < -0.4 is 25.4 Å². The van der Waals surface area contributed by atoms with Gasteiger partial charge in [-0.15, -0.1) is 11.3 Å². The van der Waals surface area contributed by atoms with Gasteiger partial charge >= 0.3 is 0 Å². The summed E-state index contributed by atoms with van der Waals surface area (Å²) in [6.07, 6.45) is 1.77. The molecule has 4 rings (SSSR count). The molecule has 2 aromatic rings. The van der Waals surface area contributed by atoms with Crippen molar-refractivity contribution < 1.29 is 14.3 Å². The number of thiazole rings is 1. The van der Waals surface area contributed by atoms with Crippen LogP contribution in [-0.4, -0.2) is 34.8 Å². The van der Waals surface area contributed by atoms with Gasteiger partial charge in [-0.2, -0.15) is 0 Å². The first-order valence-corrected chi connectivity index (χ1v) is 10.3. The third-order valence-electron chi connectivity index (χ3n) is 4.89. The van der Waals surface area contributed by atoms with E-state index in [1.807, 2.05) is 18.2 Å². The number of ether oxygens (including phenoxy) is 2. The molecule has 1 aromatic carbocycles. The second-order valence-electron chi connectivity index (χ2n) is 8.70. The lowest BCUT2D eigenvalue weighted by molar-refractivity contribution is 0.0869. The quantitative estimate of drug-likeness (QED) is 0.724. The topological polar surface area (TPSA) is 84.5 Å². The number of aromatic nitrogens is 1. The first-order valence-electron chi connectivity index (χ1n) is 9.42. The Labute approximate surface area is 168 Å². The number of piperidine rings is 1. The zero-order chi connectivity index (χ0) is 19.9. The number of nitrogens with zero attached hydrogens (tertiary/aromatic N) is 1. The third-order valence-corrected chi connectivity index (χ3v) is 5.64. The predicted molar refractivity (Wildman–Crippen MR) is 110 cm³/mol. The van der Waals surface area contributed by atoms with Crippen LogP contribution in [0.15, 0.2) is 23.6 Å². The van der Waals surface area contributed by atoms with Gasteiger partial charge in [-0.1, -0.05) is 0 Å². The van der Waals surface area contributed by atoms with Crippen LogP contribution in [-0.2, 0) is 0 Å². The van der Waals surface area contributed by atoms with Gasteiger partial charge in [0.1, 0.15) is 5.69 Å². The fourth-order valence-corrected chi connectivity index (χ4v) is 4.93. The number of nitrogens with one attached hydrogen (secondary N) is 3. The Bertz CT molecular complexity index is 877. The molecule has 1 aromatic heterocycles. The summed E-state index contributed by atoms with van der Waals surface area (Å²) in [5.74, 6) is 1.31. The van der Waals surface area contributed by atoms with E-state index in [-0.39, 0.29) is 29.8 Å². The lowest BCUT2D eigenvalue weighted by Crippen LogP contribution is -2.62. The largest absolute Gasteiger partial charge is 0.454 e. The van der Waals surface area contributed by atoms with Crippen LogP contribution in [0.5, 0.6) is 11.5 Å². The number of rotatable bonds is 4. The summed E-state index contributed by atoms with van der Waals surface area (Å²) in [6, 6.07) is 5.73. The molecule has 0 aliphatic carbocycles. The highest BCUT2D eigenvalue weighted by Gasteiger charge is 2.38. The van der Waals surface area contributed by atoms with Gasteiger partial charge in [0.25, 0.3) is 5.91 Å². The van der Waals surface area contributed by atoms with Crippen molar-refractivity contribution in [1.29, 1.82) is 0 Å². The number of carbonyl (C=O) groups excluding carboxylic acids is 1. The summed E-state index contributed by atoms with van der Waals surface area (Å²) in [7, 11) is 0. The van der Waals surface area contributed by atoms with Crippen molar-refractivity contribution in [3.63, 3.8) is 0 Å². The number of hydrogen-bond donors (Lipinski definition) is 3.